The topological polar surface area (TPSA) is 75.3 Å². The van der Waals surface area contributed by atoms with Gasteiger partial charge in [0.1, 0.15) is 6.04 Å². The number of carbonyl (C=O) groups is 1. The minimum absolute atomic E-state index is 0.104. The Labute approximate surface area is 195 Å². The van der Waals surface area contributed by atoms with E-state index in [1.165, 1.54) is 12.1 Å². The molecule has 1 amide bonds. The molecule has 0 aliphatic rings. The summed E-state index contributed by atoms with van der Waals surface area (Å²) in [6, 6.07) is 19.9. The highest BCUT2D eigenvalue weighted by molar-refractivity contribution is 14.1. The molecule has 0 aliphatic carbocycles. The third-order valence-corrected chi connectivity index (χ3v) is 6.92. The van der Waals surface area contributed by atoms with E-state index in [0.717, 1.165) is 14.7 Å². The molecular weight excluding hydrogens is 535 g/mol. The van der Waals surface area contributed by atoms with Crippen LogP contribution in [0, 0.1) is 10.5 Å². The third kappa shape index (κ3) is 6.04. The summed E-state index contributed by atoms with van der Waals surface area (Å²) in [5.41, 5.74) is 2.21. The van der Waals surface area contributed by atoms with E-state index in [4.69, 9.17) is 11.6 Å². The Balaban J connectivity index is 1.88. The minimum Gasteiger partial charge on any atom is -0.324 e. The van der Waals surface area contributed by atoms with E-state index in [1.54, 1.807) is 30.3 Å². The van der Waals surface area contributed by atoms with Crippen molar-refractivity contribution in [2.75, 3.05) is 5.32 Å². The van der Waals surface area contributed by atoms with Crippen LogP contribution in [-0.2, 0) is 21.2 Å². The van der Waals surface area contributed by atoms with Crippen LogP contribution in [0.2, 0.25) is 5.02 Å². The first-order chi connectivity index (χ1) is 14.2. The van der Waals surface area contributed by atoms with Crippen LogP contribution in [0.15, 0.2) is 77.7 Å². The molecule has 2 N–H and O–H groups in total. The maximum Gasteiger partial charge on any atom is 0.242 e. The second kappa shape index (κ2) is 9.91. The number of benzene rings is 3. The molecule has 1 atom stereocenters. The summed E-state index contributed by atoms with van der Waals surface area (Å²) in [5.74, 6) is -0.460. The zero-order valence-corrected chi connectivity index (χ0v) is 19.8. The lowest BCUT2D eigenvalue weighted by Gasteiger charge is -2.20. The first-order valence-corrected chi connectivity index (χ1v) is 12.1. The molecule has 0 aromatic heterocycles. The van der Waals surface area contributed by atoms with Crippen molar-refractivity contribution < 1.29 is 13.2 Å². The number of nitrogens with one attached hydrogen (secondary N) is 2. The van der Waals surface area contributed by atoms with E-state index in [2.05, 4.69) is 32.6 Å². The second-order valence-corrected chi connectivity index (χ2v) is 10.2. The monoisotopic (exact) mass is 554 g/mol. The first-order valence-electron chi connectivity index (χ1n) is 9.13. The normalized spacial score (nSPS) is 12.4. The van der Waals surface area contributed by atoms with Crippen LogP contribution in [0.3, 0.4) is 0 Å². The summed E-state index contributed by atoms with van der Waals surface area (Å²) in [6.07, 6.45) is 0.204. The van der Waals surface area contributed by atoms with Gasteiger partial charge in [-0.3, -0.25) is 4.79 Å². The lowest BCUT2D eigenvalue weighted by Crippen LogP contribution is -2.45. The van der Waals surface area contributed by atoms with Crippen LogP contribution in [-0.4, -0.2) is 20.4 Å². The number of hydrogen-bond acceptors (Lipinski definition) is 3. The van der Waals surface area contributed by atoms with E-state index in [0.29, 0.717) is 10.7 Å². The van der Waals surface area contributed by atoms with Crippen LogP contribution in [0.4, 0.5) is 5.69 Å². The lowest BCUT2D eigenvalue weighted by atomic mass is 10.1. The number of halogens is 2. The highest BCUT2D eigenvalue weighted by Gasteiger charge is 2.26. The number of amides is 1. The van der Waals surface area contributed by atoms with Gasteiger partial charge in [-0.15, -0.1) is 0 Å². The first kappa shape index (κ1) is 22.7. The molecule has 0 saturated carbocycles. The van der Waals surface area contributed by atoms with E-state index in [9.17, 15) is 13.2 Å². The van der Waals surface area contributed by atoms with E-state index >= 15 is 0 Å². The Morgan fingerprint density at radius 1 is 1.03 bits per heavy atom. The van der Waals surface area contributed by atoms with Crippen LogP contribution < -0.4 is 10.0 Å². The van der Waals surface area contributed by atoms with Gasteiger partial charge in [0.15, 0.2) is 0 Å². The van der Waals surface area contributed by atoms with Crippen LogP contribution in [0.5, 0.6) is 0 Å². The van der Waals surface area contributed by atoms with E-state index < -0.39 is 22.0 Å². The van der Waals surface area contributed by atoms with Gasteiger partial charge in [0.05, 0.1) is 4.90 Å². The highest BCUT2D eigenvalue weighted by Crippen LogP contribution is 2.21. The molecule has 3 rings (SSSR count). The quantitative estimate of drug-likeness (QED) is 0.413. The van der Waals surface area contributed by atoms with Gasteiger partial charge in [0, 0.05) is 14.3 Å². The fourth-order valence-electron chi connectivity index (χ4n) is 2.86. The van der Waals surface area contributed by atoms with Gasteiger partial charge in [0.25, 0.3) is 0 Å². The largest absolute Gasteiger partial charge is 0.324 e. The Hall–Kier alpha value is -1.94. The summed E-state index contributed by atoms with van der Waals surface area (Å²) in [7, 11) is -3.89. The summed E-state index contributed by atoms with van der Waals surface area (Å²) in [5, 5.41) is 3.28. The highest BCUT2D eigenvalue weighted by atomic mass is 127. The fourth-order valence-corrected chi connectivity index (χ4v) is 4.58. The number of aryl methyl sites for hydroxylation is 1. The molecule has 5 nitrogen and oxygen atoms in total. The molecule has 0 heterocycles. The molecule has 0 aliphatic heterocycles. The lowest BCUT2D eigenvalue weighted by molar-refractivity contribution is -0.117. The van der Waals surface area contributed by atoms with Crippen molar-refractivity contribution in [1.82, 2.24) is 4.72 Å². The van der Waals surface area contributed by atoms with Crippen molar-refractivity contribution in [2.24, 2.45) is 0 Å². The third-order valence-electron chi connectivity index (χ3n) is 4.48. The molecule has 8 heteroatoms. The molecule has 3 aromatic rings. The standard InChI is InChI=1S/C22H20ClIN2O3S/c1-15-7-8-17(23)14-20(15)25-22(27)21(13-16-5-3-2-4-6-16)26-30(28,29)19-11-9-18(24)10-12-19/h2-12,14,21,26H,13H2,1H3,(H,25,27)/t21-/m0/s1. The van der Waals surface area contributed by atoms with E-state index in [1.807, 2.05) is 37.3 Å². The Morgan fingerprint density at radius 3 is 2.37 bits per heavy atom. The van der Waals surface area contributed by atoms with Crippen molar-refractivity contribution in [3.63, 3.8) is 0 Å². The Bertz CT molecular complexity index is 1140. The van der Waals surface area contributed by atoms with Gasteiger partial charge in [-0.25, -0.2) is 8.42 Å². The molecule has 0 bridgehead atoms. The van der Waals surface area contributed by atoms with Crippen molar-refractivity contribution in [3.05, 3.63) is 92.5 Å². The molecule has 156 valence electrons. The molecule has 0 fully saturated rings. The molecule has 0 spiro atoms. The molecule has 0 radical (unpaired) electrons. The van der Waals surface area contributed by atoms with Gasteiger partial charge >= 0.3 is 0 Å². The van der Waals surface area contributed by atoms with Crippen LogP contribution in [0.25, 0.3) is 0 Å². The molecular formula is C22H20ClIN2O3S. The van der Waals surface area contributed by atoms with Gasteiger partial charge in [-0.05, 0) is 83.5 Å². The number of anilines is 1. The fraction of sp³-hybridized carbons (Fsp3) is 0.136. The maximum atomic E-state index is 13.1. The predicted molar refractivity (Wildman–Crippen MR) is 128 cm³/mol. The number of carbonyl (C=O) groups excluding carboxylic acids is 1. The zero-order valence-electron chi connectivity index (χ0n) is 16.1. The Kier molecular flexibility index (Phi) is 7.51. The molecule has 3 aromatic carbocycles. The SMILES string of the molecule is Cc1ccc(Cl)cc1NC(=O)[C@H](Cc1ccccc1)NS(=O)(=O)c1ccc(I)cc1. The number of sulfonamides is 1. The zero-order chi connectivity index (χ0) is 21.7. The van der Waals surface area contributed by atoms with Crippen LogP contribution >= 0.6 is 34.2 Å². The number of hydrogen-bond donors (Lipinski definition) is 2. The van der Waals surface area contributed by atoms with Crippen molar-refractivity contribution in [2.45, 2.75) is 24.3 Å². The van der Waals surface area contributed by atoms with Gasteiger partial charge in [0.2, 0.25) is 15.9 Å². The number of rotatable bonds is 7. The Morgan fingerprint density at radius 2 is 1.70 bits per heavy atom. The molecule has 30 heavy (non-hydrogen) atoms. The smallest absolute Gasteiger partial charge is 0.242 e. The minimum atomic E-state index is -3.89. The maximum absolute atomic E-state index is 13.1. The average molecular weight is 555 g/mol. The predicted octanol–water partition coefficient (Wildman–Crippen LogP) is 4.78. The van der Waals surface area contributed by atoms with Crippen molar-refractivity contribution >= 4 is 55.8 Å². The summed E-state index contributed by atoms with van der Waals surface area (Å²) in [4.78, 5) is 13.2. The van der Waals surface area contributed by atoms with Crippen molar-refractivity contribution in [3.8, 4) is 0 Å². The van der Waals surface area contributed by atoms with Gasteiger partial charge in [-0.1, -0.05) is 48.0 Å². The van der Waals surface area contributed by atoms with Gasteiger partial charge < -0.3 is 5.32 Å². The summed E-state index contributed by atoms with van der Waals surface area (Å²) >= 11 is 8.15. The second-order valence-electron chi connectivity index (χ2n) is 6.77. The molecule has 0 unspecified atom stereocenters. The van der Waals surface area contributed by atoms with Gasteiger partial charge in [-0.2, -0.15) is 4.72 Å². The van der Waals surface area contributed by atoms with Crippen LogP contribution in [0.1, 0.15) is 11.1 Å². The molecule has 0 saturated heterocycles. The van der Waals surface area contributed by atoms with E-state index in [-0.39, 0.29) is 11.3 Å². The summed E-state index contributed by atoms with van der Waals surface area (Å²) < 4.78 is 29.3. The summed E-state index contributed by atoms with van der Waals surface area (Å²) in [6.45, 7) is 1.84. The van der Waals surface area contributed by atoms with Crippen molar-refractivity contribution in [1.29, 1.82) is 0 Å². The average Bonchev–Trinajstić information content (AvgIpc) is 2.71.